The average Bonchev–Trinajstić information content (AvgIpc) is 3.29. The molecule has 1 saturated heterocycles. The van der Waals surface area contributed by atoms with E-state index in [0.29, 0.717) is 53.9 Å². The zero-order chi connectivity index (χ0) is 31.0. The summed E-state index contributed by atoms with van der Waals surface area (Å²) in [6.07, 6.45) is 0. The van der Waals surface area contributed by atoms with Gasteiger partial charge in [0.15, 0.2) is 11.5 Å². The number of hydrogen-bond donors (Lipinski definition) is 1. The predicted octanol–water partition coefficient (Wildman–Crippen LogP) is 7.27. The van der Waals surface area contributed by atoms with E-state index < -0.39 is 17.7 Å². The Labute approximate surface area is 257 Å². The monoisotopic (exact) mass is 589 g/mol. The second-order valence-corrected chi connectivity index (χ2v) is 12.1. The summed E-state index contributed by atoms with van der Waals surface area (Å²) in [5.74, 6) is 0.00590. The third-order valence-electron chi connectivity index (χ3n) is 8.03. The van der Waals surface area contributed by atoms with Gasteiger partial charge >= 0.3 is 0 Å². The van der Waals surface area contributed by atoms with Gasteiger partial charge < -0.3 is 19.3 Å². The number of aliphatic hydroxyl groups is 1. The van der Waals surface area contributed by atoms with E-state index in [1.807, 2.05) is 61.5 Å². The van der Waals surface area contributed by atoms with Gasteiger partial charge in [0.2, 0.25) is 0 Å². The number of hydrogen-bond acceptors (Lipinski definition) is 6. The van der Waals surface area contributed by atoms with E-state index >= 15 is 0 Å². The summed E-state index contributed by atoms with van der Waals surface area (Å²) in [5.41, 5.74) is 4.47. The maximum Gasteiger partial charge on any atom is 0.300 e. The molecule has 4 aromatic carbocycles. The molecule has 1 unspecified atom stereocenters. The lowest BCUT2D eigenvalue weighted by Gasteiger charge is -2.28. The lowest BCUT2D eigenvalue weighted by Crippen LogP contribution is -2.29. The Balaban J connectivity index is 1.42. The Kier molecular flexibility index (Phi) is 7.64. The van der Waals surface area contributed by atoms with Gasteiger partial charge in [0.05, 0.1) is 11.6 Å². The van der Waals surface area contributed by atoms with E-state index in [0.717, 1.165) is 16.7 Å². The maximum absolute atomic E-state index is 13.7. The third kappa shape index (κ3) is 5.53. The molecular formula is C37H35NO6. The van der Waals surface area contributed by atoms with E-state index in [1.165, 1.54) is 4.90 Å². The molecule has 2 aliphatic rings. The Morgan fingerprint density at radius 1 is 0.886 bits per heavy atom. The summed E-state index contributed by atoms with van der Waals surface area (Å²) in [6, 6.07) is 27.3. The standard InChI is InChI=1S/C37H35NO6/c1-23-20-26(12-16-29(23)44-22-24-8-6-5-7-9-24)34(39)32-33(25-10-13-27(14-11-25)37(2,3)4)38(36(41)35(32)40)28-15-17-30-31(21-28)43-19-18-42-30/h5-17,20-21,33,39H,18-19,22H2,1-4H3/b34-32+. The first-order valence-electron chi connectivity index (χ1n) is 14.7. The van der Waals surface area contributed by atoms with Gasteiger partial charge in [-0.25, -0.2) is 0 Å². The highest BCUT2D eigenvalue weighted by atomic mass is 16.6. The van der Waals surface area contributed by atoms with Crippen molar-refractivity contribution in [2.24, 2.45) is 0 Å². The van der Waals surface area contributed by atoms with Gasteiger partial charge in [0.1, 0.15) is 31.3 Å². The molecular weight excluding hydrogens is 554 g/mol. The van der Waals surface area contributed by atoms with E-state index in [4.69, 9.17) is 14.2 Å². The Morgan fingerprint density at radius 2 is 1.59 bits per heavy atom. The van der Waals surface area contributed by atoms with Crippen LogP contribution in [0.15, 0.2) is 96.6 Å². The number of benzene rings is 4. The number of carbonyl (C=O) groups is 2. The third-order valence-corrected chi connectivity index (χ3v) is 8.03. The lowest BCUT2D eigenvalue weighted by atomic mass is 9.85. The van der Waals surface area contributed by atoms with Crippen LogP contribution >= 0.6 is 0 Å². The topological polar surface area (TPSA) is 85.3 Å². The van der Waals surface area contributed by atoms with Crippen molar-refractivity contribution in [2.75, 3.05) is 18.1 Å². The number of nitrogens with zero attached hydrogens (tertiary/aromatic N) is 1. The van der Waals surface area contributed by atoms with Crippen LogP contribution in [0.5, 0.6) is 17.2 Å². The fraction of sp³-hybridized carbons (Fsp3) is 0.243. The molecule has 1 N–H and O–H groups in total. The van der Waals surface area contributed by atoms with Gasteiger partial charge in [-0.3, -0.25) is 14.5 Å². The van der Waals surface area contributed by atoms with Crippen LogP contribution in [0.25, 0.3) is 5.76 Å². The van der Waals surface area contributed by atoms with E-state index in [9.17, 15) is 14.7 Å². The largest absolute Gasteiger partial charge is 0.507 e. The number of carbonyl (C=O) groups excluding carboxylic acids is 2. The first-order valence-corrected chi connectivity index (χ1v) is 14.7. The molecule has 1 amide bonds. The smallest absolute Gasteiger partial charge is 0.300 e. The zero-order valence-electron chi connectivity index (χ0n) is 25.3. The molecule has 7 nitrogen and oxygen atoms in total. The quantitative estimate of drug-likeness (QED) is 0.145. The van der Waals surface area contributed by atoms with Crippen LogP contribution < -0.4 is 19.1 Å². The van der Waals surface area contributed by atoms with Gasteiger partial charge in [-0.1, -0.05) is 75.4 Å². The number of fused-ring (bicyclic) bond motifs is 1. The van der Waals surface area contributed by atoms with E-state index in [-0.39, 0.29) is 16.7 Å². The molecule has 2 aliphatic heterocycles. The Morgan fingerprint density at radius 3 is 2.27 bits per heavy atom. The molecule has 0 bridgehead atoms. The number of Topliss-reactive ketones (excluding diaryl/α,β-unsaturated/α-hetero) is 1. The first-order chi connectivity index (χ1) is 21.1. The molecule has 44 heavy (non-hydrogen) atoms. The fourth-order valence-corrected chi connectivity index (χ4v) is 5.61. The van der Waals surface area contributed by atoms with Crippen molar-refractivity contribution in [2.45, 2.75) is 45.8 Å². The summed E-state index contributed by atoms with van der Waals surface area (Å²) in [6.45, 7) is 9.48. The summed E-state index contributed by atoms with van der Waals surface area (Å²) in [5, 5.41) is 11.7. The molecule has 0 saturated carbocycles. The van der Waals surface area contributed by atoms with Crippen molar-refractivity contribution in [3.63, 3.8) is 0 Å². The van der Waals surface area contributed by atoms with Crippen LogP contribution in [0.3, 0.4) is 0 Å². The second-order valence-electron chi connectivity index (χ2n) is 12.1. The van der Waals surface area contributed by atoms with Crippen molar-refractivity contribution >= 4 is 23.1 Å². The molecule has 0 aromatic heterocycles. The minimum absolute atomic E-state index is 0.0192. The molecule has 0 aliphatic carbocycles. The molecule has 4 aromatic rings. The highest BCUT2D eigenvalue weighted by Gasteiger charge is 2.47. The zero-order valence-corrected chi connectivity index (χ0v) is 25.3. The fourth-order valence-electron chi connectivity index (χ4n) is 5.61. The lowest BCUT2D eigenvalue weighted by molar-refractivity contribution is -0.132. The van der Waals surface area contributed by atoms with Crippen LogP contribution in [-0.4, -0.2) is 30.0 Å². The van der Waals surface area contributed by atoms with Gasteiger partial charge in [-0.05, 0) is 64.9 Å². The number of aryl methyl sites for hydroxylation is 1. The summed E-state index contributed by atoms with van der Waals surface area (Å²) >= 11 is 0. The van der Waals surface area contributed by atoms with Crippen LogP contribution in [0.4, 0.5) is 5.69 Å². The van der Waals surface area contributed by atoms with Crippen molar-refractivity contribution in [3.8, 4) is 17.2 Å². The molecule has 1 atom stereocenters. The Bertz CT molecular complexity index is 1750. The molecule has 1 fully saturated rings. The van der Waals surface area contributed by atoms with Crippen molar-refractivity contribution < 1.29 is 28.9 Å². The van der Waals surface area contributed by atoms with E-state index in [2.05, 4.69) is 20.8 Å². The summed E-state index contributed by atoms with van der Waals surface area (Å²) in [7, 11) is 0. The van der Waals surface area contributed by atoms with Crippen LogP contribution in [-0.2, 0) is 21.6 Å². The molecule has 0 radical (unpaired) electrons. The number of ketones is 1. The van der Waals surface area contributed by atoms with Gasteiger partial charge in [0, 0.05) is 17.3 Å². The molecule has 224 valence electrons. The summed E-state index contributed by atoms with van der Waals surface area (Å²) < 4.78 is 17.5. The molecule has 0 spiro atoms. The molecule has 7 heteroatoms. The normalized spacial score (nSPS) is 17.5. The van der Waals surface area contributed by atoms with Gasteiger partial charge in [-0.15, -0.1) is 0 Å². The van der Waals surface area contributed by atoms with Crippen LogP contribution in [0.1, 0.15) is 54.6 Å². The van der Waals surface area contributed by atoms with Gasteiger partial charge in [0.25, 0.3) is 11.7 Å². The number of rotatable bonds is 6. The summed E-state index contributed by atoms with van der Waals surface area (Å²) in [4.78, 5) is 28.9. The second kappa shape index (κ2) is 11.6. The highest BCUT2D eigenvalue weighted by Crippen LogP contribution is 2.45. The minimum Gasteiger partial charge on any atom is -0.507 e. The predicted molar refractivity (Wildman–Crippen MR) is 169 cm³/mol. The van der Waals surface area contributed by atoms with E-state index in [1.54, 1.807) is 36.4 Å². The SMILES string of the molecule is Cc1cc(/C(O)=C2\C(=O)C(=O)N(c3ccc4c(c3)OCCO4)C2c2ccc(C(C)(C)C)cc2)ccc1OCc1ccccc1. The average molecular weight is 590 g/mol. The number of anilines is 1. The number of aliphatic hydroxyl groups excluding tert-OH is 1. The molecule has 6 rings (SSSR count). The number of ether oxygens (including phenoxy) is 3. The van der Waals surface area contributed by atoms with Crippen molar-refractivity contribution in [3.05, 3.63) is 124 Å². The van der Waals surface area contributed by atoms with Crippen molar-refractivity contribution in [1.82, 2.24) is 0 Å². The number of amides is 1. The molecule has 2 heterocycles. The Hall–Kier alpha value is -5.04. The first kappa shape index (κ1) is 29.1. The van der Waals surface area contributed by atoms with Crippen LogP contribution in [0, 0.1) is 6.92 Å². The van der Waals surface area contributed by atoms with Crippen molar-refractivity contribution in [1.29, 1.82) is 0 Å². The maximum atomic E-state index is 13.7. The van der Waals surface area contributed by atoms with Gasteiger partial charge in [-0.2, -0.15) is 0 Å². The highest BCUT2D eigenvalue weighted by molar-refractivity contribution is 6.51. The van der Waals surface area contributed by atoms with Crippen LogP contribution in [0.2, 0.25) is 0 Å². The minimum atomic E-state index is -0.860.